The number of nitrogens with one attached hydrogen (secondary N) is 1. The molecule has 2 amide bonds. The number of nitro benzene ring substituents is 1. The Morgan fingerprint density at radius 3 is 2.74 bits per heavy atom. The molecule has 7 nitrogen and oxygen atoms in total. The van der Waals surface area contributed by atoms with E-state index in [-0.39, 0.29) is 11.6 Å². The number of nitrogens with zero attached hydrogens (tertiary/aromatic N) is 2. The molecule has 0 fully saturated rings. The minimum absolute atomic E-state index is 0.126. The zero-order valence-electron chi connectivity index (χ0n) is 10.5. The lowest BCUT2D eigenvalue weighted by Gasteiger charge is -2.14. The molecule has 0 aliphatic carbocycles. The van der Waals surface area contributed by atoms with E-state index in [9.17, 15) is 19.7 Å². The number of hydrogen-bond acceptors (Lipinski definition) is 4. The fourth-order valence-electron chi connectivity index (χ4n) is 2.26. The Morgan fingerprint density at radius 2 is 2.21 bits per heavy atom. The van der Waals surface area contributed by atoms with Gasteiger partial charge in [0, 0.05) is 37.0 Å². The van der Waals surface area contributed by atoms with E-state index in [1.54, 1.807) is 6.92 Å². The van der Waals surface area contributed by atoms with Crippen molar-refractivity contribution in [2.45, 2.75) is 12.8 Å². The van der Waals surface area contributed by atoms with Gasteiger partial charge in [-0.3, -0.25) is 19.7 Å². The van der Waals surface area contributed by atoms with Crippen LogP contribution in [0.3, 0.4) is 0 Å². The second-order valence-electron chi connectivity index (χ2n) is 4.13. The van der Waals surface area contributed by atoms with Crippen molar-refractivity contribution in [1.82, 2.24) is 5.32 Å². The molecule has 1 heterocycles. The summed E-state index contributed by atoms with van der Waals surface area (Å²) in [6.07, 6.45) is 0. The van der Waals surface area contributed by atoms with Gasteiger partial charge in [-0.05, 0) is 13.0 Å². The van der Waals surface area contributed by atoms with Gasteiger partial charge in [-0.15, -0.1) is 0 Å². The number of hydrogen-bond donors (Lipinski definition) is 1. The molecule has 0 radical (unpaired) electrons. The van der Waals surface area contributed by atoms with E-state index in [1.165, 1.54) is 30.1 Å². The summed E-state index contributed by atoms with van der Waals surface area (Å²) in [6.45, 7) is 2.20. The molecule has 7 heteroatoms. The van der Waals surface area contributed by atoms with E-state index in [4.69, 9.17) is 0 Å². The molecule has 0 bridgehead atoms. The average molecular weight is 263 g/mol. The number of rotatable bonds is 3. The normalized spacial score (nSPS) is 17.3. The molecule has 0 saturated carbocycles. The number of non-ortho nitro benzene ring substituents is 1. The molecule has 100 valence electrons. The molecule has 0 aromatic heterocycles. The first-order valence-electron chi connectivity index (χ1n) is 5.82. The molecule has 1 aliphatic heterocycles. The van der Waals surface area contributed by atoms with Crippen molar-refractivity contribution in [2.24, 2.45) is 0 Å². The van der Waals surface area contributed by atoms with Crippen molar-refractivity contribution in [1.29, 1.82) is 0 Å². The lowest BCUT2D eigenvalue weighted by molar-refractivity contribution is -0.384. The van der Waals surface area contributed by atoms with Crippen LogP contribution >= 0.6 is 0 Å². The minimum atomic E-state index is -1.00. The standard InChI is InChI=1S/C12H13N3O4/c1-3-14-9-5-4-7(15(18)19)6-8(9)10(12(14)17)11(16)13-2/h4-6,10H,3H2,1-2H3,(H,13,16). The van der Waals surface area contributed by atoms with Gasteiger partial charge in [-0.25, -0.2) is 0 Å². The Labute approximate surface area is 109 Å². The van der Waals surface area contributed by atoms with Crippen molar-refractivity contribution in [3.05, 3.63) is 33.9 Å². The second kappa shape index (κ2) is 4.68. The fourth-order valence-corrected chi connectivity index (χ4v) is 2.26. The maximum Gasteiger partial charge on any atom is 0.269 e. The molecule has 1 aromatic rings. The molecule has 1 unspecified atom stereocenters. The van der Waals surface area contributed by atoms with Gasteiger partial charge in [-0.1, -0.05) is 0 Å². The Kier molecular flexibility index (Phi) is 3.20. The van der Waals surface area contributed by atoms with Crippen molar-refractivity contribution >= 4 is 23.2 Å². The van der Waals surface area contributed by atoms with E-state index >= 15 is 0 Å². The van der Waals surface area contributed by atoms with E-state index in [0.29, 0.717) is 17.8 Å². The number of carbonyl (C=O) groups excluding carboxylic acids is 2. The summed E-state index contributed by atoms with van der Waals surface area (Å²) in [6, 6.07) is 4.14. The molecule has 0 saturated heterocycles. The minimum Gasteiger partial charge on any atom is -0.358 e. The second-order valence-corrected chi connectivity index (χ2v) is 4.13. The maximum absolute atomic E-state index is 12.2. The van der Waals surface area contributed by atoms with E-state index < -0.39 is 16.7 Å². The van der Waals surface area contributed by atoms with E-state index in [1.807, 2.05) is 0 Å². The fraction of sp³-hybridized carbons (Fsp3) is 0.333. The lowest BCUT2D eigenvalue weighted by Crippen LogP contribution is -2.35. The number of amides is 2. The summed E-state index contributed by atoms with van der Waals surface area (Å²) in [4.78, 5) is 35.7. The van der Waals surface area contributed by atoms with Crippen molar-refractivity contribution in [3.63, 3.8) is 0 Å². The Balaban J connectivity index is 2.58. The third-order valence-corrected chi connectivity index (χ3v) is 3.16. The van der Waals surface area contributed by atoms with Gasteiger partial charge in [-0.2, -0.15) is 0 Å². The predicted octanol–water partition coefficient (Wildman–Crippen LogP) is 0.791. The molecular formula is C12H13N3O4. The molecule has 1 aromatic carbocycles. The van der Waals surface area contributed by atoms with Crippen LogP contribution < -0.4 is 10.2 Å². The highest BCUT2D eigenvalue weighted by Crippen LogP contribution is 2.39. The molecule has 1 N–H and O–H groups in total. The van der Waals surface area contributed by atoms with E-state index in [2.05, 4.69) is 5.32 Å². The van der Waals surface area contributed by atoms with Gasteiger partial charge >= 0.3 is 0 Å². The Hall–Kier alpha value is -2.44. The van der Waals surface area contributed by atoms with Crippen LogP contribution in [0.4, 0.5) is 11.4 Å². The highest BCUT2D eigenvalue weighted by atomic mass is 16.6. The third kappa shape index (κ3) is 1.92. The van der Waals surface area contributed by atoms with Gasteiger partial charge in [0.25, 0.3) is 5.69 Å². The maximum atomic E-state index is 12.2. The van der Waals surface area contributed by atoms with Crippen LogP contribution in [-0.4, -0.2) is 30.3 Å². The number of carbonyl (C=O) groups is 2. The van der Waals surface area contributed by atoms with Crippen LogP contribution in [0, 0.1) is 10.1 Å². The van der Waals surface area contributed by atoms with Crippen molar-refractivity contribution in [3.8, 4) is 0 Å². The molecule has 0 spiro atoms. The molecule has 1 aliphatic rings. The first-order chi connectivity index (χ1) is 9.01. The molecule has 2 rings (SSSR count). The highest BCUT2D eigenvalue weighted by Gasteiger charge is 2.41. The van der Waals surface area contributed by atoms with Gasteiger partial charge in [0.05, 0.1) is 4.92 Å². The average Bonchev–Trinajstić information content (AvgIpc) is 2.68. The quantitative estimate of drug-likeness (QED) is 0.495. The topological polar surface area (TPSA) is 92.6 Å². The van der Waals surface area contributed by atoms with Crippen LogP contribution in [-0.2, 0) is 9.59 Å². The monoisotopic (exact) mass is 263 g/mol. The zero-order valence-corrected chi connectivity index (χ0v) is 10.5. The summed E-state index contributed by atoms with van der Waals surface area (Å²) in [5, 5.41) is 13.2. The van der Waals surface area contributed by atoms with E-state index in [0.717, 1.165) is 0 Å². The smallest absolute Gasteiger partial charge is 0.269 e. The zero-order chi connectivity index (χ0) is 14.2. The molecular weight excluding hydrogens is 250 g/mol. The third-order valence-electron chi connectivity index (χ3n) is 3.16. The summed E-state index contributed by atoms with van der Waals surface area (Å²) < 4.78 is 0. The Morgan fingerprint density at radius 1 is 1.53 bits per heavy atom. The summed E-state index contributed by atoms with van der Waals surface area (Å²) in [5.74, 6) is -1.81. The Bertz CT molecular complexity index is 570. The molecule has 1 atom stereocenters. The van der Waals surface area contributed by atoms with Crippen molar-refractivity contribution in [2.75, 3.05) is 18.5 Å². The SMILES string of the molecule is CCN1C(=O)C(C(=O)NC)c2cc([N+](=O)[O-])ccc21. The molecule has 19 heavy (non-hydrogen) atoms. The van der Waals surface area contributed by atoms with Gasteiger partial charge < -0.3 is 10.2 Å². The largest absolute Gasteiger partial charge is 0.358 e. The lowest BCUT2D eigenvalue weighted by atomic mass is 9.99. The predicted molar refractivity (Wildman–Crippen MR) is 67.9 cm³/mol. The number of nitro groups is 1. The van der Waals surface area contributed by atoms with Crippen molar-refractivity contribution < 1.29 is 14.5 Å². The summed E-state index contributed by atoms with van der Waals surface area (Å²) in [5.41, 5.74) is 0.825. The van der Waals surface area contributed by atoms with Crippen LogP contribution in [0.15, 0.2) is 18.2 Å². The van der Waals surface area contributed by atoms with Gasteiger partial charge in [0.15, 0.2) is 0 Å². The van der Waals surface area contributed by atoms with Crippen LogP contribution in [0.5, 0.6) is 0 Å². The summed E-state index contributed by atoms with van der Waals surface area (Å²) >= 11 is 0. The summed E-state index contributed by atoms with van der Waals surface area (Å²) in [7, 11) is 1.43. The van der Waals surface area contributed by atoms with Gasteiger partial charge in [0.1, 0.15) is 5.92 Å². The van der Waals surface area contributed by atoms with Crippen LogP contribution in [0.2, 0.25) is 0 Å². The number of anilines is 1. The van der Waals surface area contributed by atoms with Gasteiger partial charge in [0.2, 0.25) is 11.8 Å². The van der Waals surface area contributed by atoms with Crippen LogP contribution in [0.1, 0.15) is 18.4 Å². The first kappa shape index (κ1) is 13.0. The number of likely N-dealkylation sites (N-methyl/N-ethyl adjacent to an activating group) is 2. The highest BCUT2D eigenvalue weighted by molar-refractivity contribution is 6.17. The number of fused-ring (bicyclic) bond motifs is 1. The first-order valence-corrected chi connectivity index (χ1v) is 5.82. The van der Waals surface area contributed by atoms with Crippen LogP contribution in [0.25, 0.3) is 0 Å². The number of benzene rings is 1.